The van der Waals surface area contributed by atoms with Crippen LogP contribution in [0.3, 0.4) is 0 Å². The summed E-state index contributed by atoms with van der Waals surface area (Å²) in [5.41, 5.74) is 0. The van der Waals surface area contributed by atoms with E-state index in [0.29, 0.717) is 11.2 Å². The van der Waals surface area contributed by atoms with Crippen LogP contribution in [0, 0.1) is 11.8 Å². The highest BCUT2D eigenvalue weighted by molar-refractivity contribution is 9.10. The van der Waals surface area contributed by atoms with Crippen LogP contribution < -0.4 is 5.32 Å². The fourth-order valence-corrected chi connectivity index (χ4v) is 3.16. The van der Waals surface area contributed by atoms with Crippen LogP contribution in [-0.4, -0.2) is 16.0 Å². The maximum atomic E-state index is 5.95. The van der Waals surface area contributed by atoms with E-state index < -0.39 is 0 Å². The topological polar surface area (TPSA) is 37.8 Å². The second-order valence-corrected chi connectivity index (χ2v) is 6.24. The summed E-state index contributed by atoms with van der Waals surface area (Å²) < 4.78 is 0.757. The summed E-state index contributed by atoms with van der Waals surface area (Å²) in [5.74, 6) is 2.34. The molecule has 0 amide bonds. The van der Waals surface area contributed by atoms with E-state index in [-0.39, 0.29) is 0 Å². The quantitative estimate of drug-likeness (QED) is 0.833. The van der Waals surface area contributed by atoms with E-state index in [9.17, 15) is 0 Å². The molecule has 1 N–H and O–H groups in total. The summed E-state index contributed by atoms with van der Waals surface area (Å²) in [6.45, 7) is 4.62. The average Bonchev–Trinajstić information content (AvgIpc) is 2.23. The molecule has 2 unspecified atom stereocenters. The first kappa shape index (κ1) is 13.1. The van der Waals surface area contributed by atoms with Gasteiger partial charge in [-0.25, -0.2) is 9.97 Å². The summed E-state index contributed by atoms with van der Waals surface area (Å²) >= 11 is 9.37. The minimum atomic E-state index is 0.458. The van der Waals surface area contributed by atoms with Crippen LogP contribution in [0.2, 0.25) is 5.15 Å². The van der Waals surface area contributed by atoms with Crippen molar-refractivity contribution in [3.63, 3.8) is 0 Å². The van der Waals surface area contributed by atoms with Crippen LogP contribution in [0.15, 0.2) is 10.8 Å². The van der Waals surface area contributed by atoms with E-state index in [1.165, 1.54) is 25.6 Å². The second kappa shape index (κ2) is 5.53. The van der Waals surface area contributed by atoms with Crippen LogP contribution in [0.5, 0.6) is 0 Å². The average molecular weight is 319 g/mol. The molecule has 0 spiro atoms. The van der Waals surface area contributed by atoms with Gasteiger partial charge in [0.05, 0.1) is 4.47 Å². The van der Waals surface area contributed by atoms with Gasteiger partial charge in [-0.1, -0.05) is 25.4 Å². The number of aromatic nitrogens is 2. The van der Waals surface area contributed by atoms with Gasteiger partial charge in [-0.3, -0.25) is 0 Å². The number of halogens is 2. The smallest absolute Gasteiger partial charge is 0.148 e. The van der Waals surface area contributed by atoms with Crippen molar-refractivity contribution < 1.29 is 0 Å². The molecule has 3 nitrogen and oxygen atoms in total. The molecule has 1 fully saturated rings. The predicted octanol–water partition coefficient (Wildman–Crippen LogP) is 4.13. The molecule has 0 aromatic carbocycles. The van der Waals surface area contributed by atoms with E-state index in [1.54, 1.807) is 0 Å². The third kappa shape index (κ3) is 3.32. The van der Waals surface area contributed by atoms with Gasteiger partial charge in [0.15, 0.2) is 0 Å². The van der Waals surface area contributed by atoms with Crippen LogP contribution in [-0.2, 0) is 0 Å². The first-order valence-corrected chi connectivity index (χ1v) is 7.16. The van der Waals surface area contributed by atoms with E-state index in [4.69, 9.17) is 11.6 Å². The van der Waals surface area contributed by atoms with Crippen molar-refractivity contribution in [3.05, 3.63) is 16.0 Å². The molecule has 17 heavy (non-hydrogen) atoms. The standard InChI is InChI=1S/C12H17BrClN3/c1-7-3-8(2)5-9(4-7)17-12-10(13)11(14)15-6-16-12/h6-9H,3-5H2,1-2H3,(H,15,16,17). The summed E-state index contributed by atoms with van der Waals surface area (Å²) in [5, 5.41) is 3.93. The molecule has 2 rings (SSSR count). The molecule has 5 heteroatoms. The van der Waals surface area contributed by atoms with Gasteiger partial charge >= 0.3 is 0 Å². The monoisotopic (exact) mass is 317 g/mol. The zero-order chi connectivity index (χ0) is 12.4. The van der Waals surface area contributed by atoms with Crippen molar-refractivity contribution in [2.24, 2.45) is 11.8 Å². The summed E-state index contributed by atoms with van der Waals surface area (Å²) in [6, 6.07) is 0.482. The normalized spacial score (nSPS) is 29.1. The Kier molecular flexibility index (Phi) is 4.26. The molecule has 1 saturated carbocycles. The summed E-state index contributed by atoms with van der Waals surface area (Å²) in [6.07, 6.45) is 5.20. The predicted molar refractivity (Wildman–Crippen MR) is 74.3 cm³/mol. The molecule has 0 radical (unpaired) electrons. The lowest BCUT2D eigenvalue weighted by Crippen LogP contribution is -2.30. The number of anilines is 1. The Hall–Kier alpha value is -0.350. The summed E-state index contributed by atoms with van der Waals surface area (Å²) in [4.78, 5) is 8.16. The first-order chi connectivity index (χ1) is 8.06. The Labute approximate surface area is 116 Å². The van der Waals surface area contributed by atoms with Gasteiger partial charge in [0.25, 0.3) is 0 Å². The molecule has 1 heterocycles. The number of hydrogen-bond donors (Lipinski definition) is 1. The van der Waals surface area contributed by atoms with Crippen LogP contribution in [0.1, 0.15) is 33.1 Å². The van der Waals surface area contributed by atoms with Crippen molar-refractivity contribution in [1.29, 1.82) is 0 Å². The van der Waals surface area contributed by atoms with Crippen molar-refractivity contribution >= 4 is 33.3 Å². The Morgan fingerprint density at radius 3 is 2.53 bits per heavy atom. The maximum Gasteiger partial charge on any atom is 0.148 e. The molecule has 1 aromatic rings. The van der Waals surface area contributed by atoms with Gasteiger partial charge < -0.3 is 5.32 Å². The van der Waals surface area contributed by atoms with Crippen LogP contribution >= 0.6 is 27.5 Å². The lowest BCUT2D eigenvalue weighted by atomic mass is 9.80. The number of rotatable bonds is 2. The molecular weight excluding hydrogens is 302 g/mol. The van der Waals surface area contributed by atoms with Crippen molar-refractivity contribution in [2.75, 3.05) is 5.32 Å². The van der Waals surface area contributed by atoms with Crippen LogP contribution in [0.25, 0.3) is 0 Å². The van der Waals surface area contributed by atoms with Gasteiger partial charge in [0.2, 0.25) is 0 Å². The number of hydrogen-bond acceptors (Lipinski definition) is 3. The van der Waals surface area contributed by atoms with Gasteiger partial charge in [0, 0.05) is 6.04 Å². The fraction of sp³-hybridized carbons (Fsp3) is 0.667. The first-order valence-electron chi connectivity index (χ1n) is 5.98. The zero-order valence-electron chi connectivity index (χ0n) is 10.1. The second-order valence-electron chi connectivity index (χ2n) is 5.09. The third-order valence-electron chi connectivity index (χ3n) is 3.27. The lowest BCUT2D eigenvalue weighted by molar-refractivity contribution is 0.280. The minimum absolute atomic E-state index is 0.458. The maximum absolute atomic E-state index is 5.95. The Morgan fingerprint density at radius 2 is 1.88 bits per heavy atom. The van der Waals surface area contributed by atoms with Crippen molar-refractivity contribution in [2.45, 2.75) is 39.2 Å². The summed E-state index contributed by atoms with van der Waals surface area (Å²) in [7, 11) is 0. The Bertz CT molecular complexity index is 389. The zero-order valence-corrected chi connectivity index (χ0v) is 12.4. The molecule has 0 bridgehead atoms. The Morgan fingerprint density at radius 1 is 1.24 bits per heavy atom. The van der Waals surface area contributed by atoms with E-state index in [0.717, 1.165) is 22.1 Å². The third-order valence-corrected chi connectivity index (χ3v) is 4.53. The van der Waals surface area contributed by atoms with E-state index in [1.807, 2.05) is 0 Å². The molecular formula is C12H17BrClN3. The SMILES string of the molecule is CC1CC(C)CC(Nc2ncnc(Cl)c2Br)C1. The lowest BCUT2D eigenvalue weighted by Gasteiger charge is -2.32. The van der Waals surface area contributed by atoms with E-state index >= 15 is 0 Å². The highest BCUT2D eigenvalue weighted by Gasteiger charge is 2.24. The van der Waals surface area contributed by atoms with Crippen LogP contribution in [0.4, 0.5) is 5.82 Å². The highest BCUT2D eigenvalue weighted by Crippen LogP contribution is 2.32. The van der Waals surface area contributed by atoms with Crippen molar-refractivity contribution in [1.82, 2.24) is 9.97 Å². The van der Waals surface area contributed by atoms with E-state index in [2.05, 4.69) is 45.1 Å². The van der Waals surface area contributed by atoms with Crippen molar-refractivity contribution in [3.8, 4) is 0 Å². The molecule has 0 saturated heterocycles. The highest BCUT2D eigenvalue weighted by atomic mass is 79.9. The number of nitrogens with zero attached hydrogens (tertiary/aromatic N) is 2. The largest absolute Gasteiger partial charge is 0.366 e. The molecule has 1 aromatic heterocycles. The molecule has 2 atom stereocenters. The molecule has 1 aliphatic rings. The minimum Gasteiger partial charge on any atom is -0.366 e. The number of nitrogens with one attached hydrogen (secondary N) is 1. The fourth-order valence-electron chi connectivity index (χ4n) is 2.71. The molecule has 94 valence electrons. The molecule has 1 aliphatic carbocycles. The van der Waals surface area contributed by atoms with Gasteiger partial charge in [0.1, 0.15) is 17.3 Å². The van der Waals surface area contributed by atoms with Gasteiger partial charge in [-0.15, -0.1) is 0 Å². The molecule has 0 aliphatic heterocycles. The Balaban J connectivity index is 2.07. The van der Waals surface area contributed by atoms with Gasteiger partial charge in [-0.2, -0.15) is 0 Å². The van der Waals surface area contributed by atoms with Gasteiger partial charge in [-0.05, 0) is 47.0 Å².